The Kier molecular flexibility index (Phi) is 5.08. The Bertz CT molecular complexity index is 255. The summed E-state index contributed by atoms with van der Waals surface area (Å²) in [4.78, 5) is 0. The zero-order valence-electron chi connectivity index (χ0n) is 12.3. The van der Waals surface area contributed by atoms with Gasteiger partial charge < -0.3 is 10.4 Å². The molecule has 2 fully saturated rings. The molecule has 2 heteroatoms. The van der Waals surface area contributed by atoms with Gasteiger partial charge in [-0.25, -0.2) is 0 Å². The van der Waals surface area contributed by atoms with Crippen LogP contribution in [0.15, 0.2) is 0 Å². The van der Waals surface area contributed by atoms with Gasteiger partial charge >= 0.3 is 0 Å². The minimum atomic E-state index is -0.420. The van der Waals surface area contributed by atoms with Crippen LogP contribution < -0.4 is 5.32 Å². The van der Waals surface area contributed by atoms with Crippen molar-refractivity contribution in [3.8, 4) is 0 Å². The fraction of sp³-hybridized carbons (Fsp3) is 1.00. The normalized spacial score (nSPS) is 41.8. The van der Waals surface area contributed by atoms with Gasteiger partial charge in [-0.1, -0.05) is 46.0 Å². The van der Waals surface area contributed by atoms with E-state index in [4.69, 9.17) is 0 Å². The van der Waals surface area contributed by atoms with Crippen molar-refractivity contribution >= 4 is 0 Å². The number of rotatable bonds is 4. The van der Waals surface area contributed by atoms with Crippen molar-refractivity contribution in [2.24, 2.45) is 11.8 Å². The summed E-state index contributed by atoms with van der Waals surface area (Å²) in [5.41, 5.74) is -0.420. The van der Waals surface area contributed by atoms with Gasteiger partial charge in [0, 0.05) is 12.6 Å². The van der Waals surface area contributed by atoms with E-state index in [1.807, 2.05) is 0 Å². The average Bonchev–Trinajstić information content (AvgIpc) is 2.37. The lowest BCUT2D eigenvalue weighted by Gasteiger charge is -2.38. The predicted molar refractivity (Wildman–Crippen MR) is 76.6 cm³/mol. The second-order valence-electron chi connectivity index (χ2n) is 6.94. The Hall–Kier alpha value is -0.0800. The summed E-state index contributed by atoms with van der Waals surface area (Å²) in [7, 11) is 0. The summed E-state index contributed by atoms with van der Waals surface area (Å²) in [6.07, 6.45) is 11.2. The molecule has 0 radical (unpaired) electrons. The van der Waals surface area contributed by atoms with Gasteiger partial charge in [0.15, 0.2) is 0 Å². The summed E-state index contributed by atoms with van der Waals surface area (Å²) in [6.45, 7) is 5.40. The fourth-order valence-corrected chi connectivity index (χ4v) is 3.97. The quantitative estimate of drug-likeness (QED) is 0.804. The topological polar surface area (TPSA) is 32.3 Å². The van der Waals surface area contributed by atoms with E-state index in [0.717, 1.165) is 25.3 Å². The zero-order chi connectivity index (χ0) is 13.0. The molecular weight excluding hydrogens is 222 g/mol. The fourth-order valence-electron chi connectivity index (χ4n) is 3.97. The van der Waals surface area contributed by atoms with Crippen LogP contribution in [0.3, 0.4) is 0 Å². The Morgan fingerprint density at radius 3 is 2.78 bits per heavy atom. The second-order valence-corrected chi connectivity index (χ2v) is 6.94. The van der Waals surface area contributed by atoms with Crippen LogP contribution in [0.1, 0.15) is 71.6 Å². The monoisotopic (exact) mass is 253 g/mol. The number of aliphatic hydroxyl groups is 1. The third-order valence-electron chi connectivity index (χ3n) is 5.15. The predicted octanol–water partition coefficient (Wildman–Crippen LogP) is 3.49. The molecule has 0 heterocycles. The van der Waals surface area contributed by atoms with Crippen molar-refractivity contribution in [3.05, 3.63) is 0 Å². The van der Waals surface area contributed by atoms with Gasteiger partial charge in [-0.15, -0.1) is 0 Å². The van der Waals surface area contributed by atoms with Gasteiger partial charge in [-0.2, -0.15) is 0 Å². The maximum atomic E-state index is 10.6. The molecule has 2 aliphatic carbocycles. The molecule has 0 aliphatic heterocycles. The maximum Gasteiger partial charge on any atom is 0.0774 e. The van der Waals surface area contributed by atoms with Gasteiger partial charge in [0.2, 0.25) is 0 Å². The Morgan fingerprint density at radius 2 is 2.06 bits per heavy atom. The minimum Gasteiger partial charge on any atom is -0.389 e. The van der Waals surface area contributed by atoms with Crippen LogP contribution in [0, 0.1) is 11.8 Å². The van der Waals surface area contributed by atoms with Gasteiger partial charge in [-0.05, 0) is 37.5 Å². The maximum absolute atomic E-state index is 10.6. The molecule has 2 rings (SSSR count). The van der Waals surface area contributed by atoms with E-state index < -0.39 is 5.60 Å². The number of hydrogen-bond donors (Lipinski definition) is 2. The smallest absolute Gasteiger partial charge is 0.0774 e. The standard InChI is InChI=1S/C16H31NO/c1-3-14-7-4-8-15(10-14)17-12-16(18)9-5-6-13(2)11-16/h13-15,17-18H,3-12H2,1-2H3. The molecule has 18 heavy (non-hydrogen) atoms. The first kappa shape index (κ1) is 14.3. The van der Waals surface area contributed by atoms with Crippen molar-refractivity contribution in [1.82, 2.24) is 5.32 Å². The van der Waals surface area contributed by atoms with Crippen LogP contribution in [0.4, 0.5) is 0 Å². The van der Waals surface area contributed by atoms with Crippen LogP contribution >= 0.6 is 0 Å². The van der Waals surface area contributed by atoms with E-state index in [-0.39, 0.29) is 0 Å². The van der Waals surface area contributed by atoms with E-state index in [1.54, 1.807) is 0 Å². The van der Waals surface area contributed by atoms with Crippen LogP contribution in [0.25, 0.3) is 0 Å². The highest BCUT2D eigenvalue weighted by molar-refractivity contribution is 4.89. The lowest BCUT2D eigenvalue weighted by molar-refractivity contribution is -0.0151. The summed E-state index contributed by atoms with van der Waals surface area (Å²) in [6, 6.07) is 0.657. The Labute approximate surface area is 113 Å². The van der Waals surface area contributed by atoms with E-state index in [9.17, 15) is 5.11 Å². The molecule has 0 aromatic heterocycles. The summed E-state index contributed by atoms with van der Waals surface area (Å²) < 4.78 is 0. The molecule has 0 saturated heterocycles. The number of nitrogens with one attached hydrogen (secondary N) is 1. The van der Waals surface area contributed by atoms with Gasteiger partial charge in [0.1, 0.15) is 0 Å². The molecule has 2 aliphatic rings. The number of hydrogen-bond acceptors (Lipinski definition) is 2. The highest BCUT2D eigenvalue weighted by Gasteiger charge is 2.33. The minimum absolute atomic E-state index is 0.420. The zero-order valence-corrected chi connectivity index (χ0v) is 12.3. The van der Waals surface area contributed by atoms with Crippen LogP contribution in [-0.2, 0) is 0 Å². The molecule has 106 valence electrons. The van der Waals surface area contributed by atoms with Crippen molar-refractivity contribution in [2.45, 2.75) is 83.3 Å². The molecule has 2 N–H and O–H groups in total. The first-order valence-electron chi connectivity index (χ1n) is 8.07. The van der Waals surface area contributed by atoms with E-state index in [2.05, 4.69) is 19.2 Å². The first-order chi connectivity index (χ1) is 8.61. The highest BCUT2D eigenvalue weighted by Crippen LogP contribution is 2.32. The molecule has 0 amide bonds. The Balaban J connectivity index is 1.76. The lowest BCUT2D eigenvalue weighted by Crippen LogP contribution is -2.48. The molecule has 0 aromatic rings. The third-order valence-corrected chi connectivity index (χ3v) is 5.15. The largest absolute Gasteiger partial charge is 0.389 e. The molecule has 0 aromatic carbocycles. The van der Waals surface area contributed by atoms with E-state index >= 15 is 0 Å². The van der Waals surface area contributed by atoms with E-state index in [1.165, 1.54) is 44.9 Å². The van der Waals surface area contributed by atoms with Crippen LogP contribution in [0.2, 0.25) is 0 Å². The molecule has 0 bridgehead atoms. The third kappa shape index (κ3) is 3.96. The van der Waals surface area contributed by atoms with Crippen molar-refractivity contribution in [1.29, 1.82) is 0 Å². The molecule has 0 spiro atoms. The Morgan fingerprint density at radius 1 is 1.22 bits per heavy atom. The summed E-state index contributed by atoms with van der Waals surface area (Å²) in [5.74, 6) is 1.61. The highest BCUT2D eigenvalue weighted by atomic mass is 16.3. The lowest BCUT2D eigenvalue weighted by atomic mass is 9.78. The molecule has 2 nitrogen and oxygen atoms in total. The summed E-state index contributed by atoms with van der Waals surface area (Å²) >= 11 is 0. The van der Waals surface area contributed by atoms with Crippen molar-refractivity contribution in [3.63, 3.8) is 0 Å². The van der Waals surface area contributed by atoms with Crippen LogP contribution in [0.5, 0.6) is 0 Å². The van der Waals surface area contributed by atoms with Gasteiger partial charge in [0.25, 0.3) is 0 Å². The first-order valence-corrected chi connectivity index (χ1v) is 8.07. The van der Waals surface area contributed by atoms with Crippen molar-refractivity contribution in [2.75, 3.05) is 6.54 Å². The molecular formula is C16H31NO. The van der Waals surface area contributed by atoms with Gasteiger partial charge in [0.05, 0.1) is 5.60 Å². The molecule has 4 unspecified atom stereocenters. The van der Waals surface area contributed by atoms with Gasteiger partial charge in [-0.3, -0.25) is 0 Å². The second kappa shape index (κ2) is 6.38. The molecule has 2 saturated carbocycles. The van der Waals surface area contributed by atoms with E-state index in [0.29, 0.717) is 12.0 Å². The average molecular weight is 253 g/mol. The van der Waals surface area contributed by atoms with Crippen LogP contribution in [-0.4, -0.2) is 23.3 Å². The van der Waals surface area contributed by atoms with Crippen molar-refractivity contribution < 1.29 is 5.11 Å². The molecule has 4 atom stereocenters. The SMILES string of the molecule is CCC1CCCC(NCC2(O)CCCC(C)C2)C1. The summed E-state index contributed by atoms with van der Waals surface area (Å²) in [5, 5.41) is 14.3.